The first-order valence-electron chi connectivity index (χ1n) is 5.84. The van der Waals surface area contributed by atoms with E-state index in [0.717, 1.165) is 16.9 Å². The van der Waals surface area contributed by atoms with Gasteiger partial charge in [0.15, 0.2) is 0 Å². The van der Waals surface area contributed by atoms with Crippen molar-refractivity contribution in [2.75, 3.05) is 19.0 Å². The summed E-state index contributed by atoms with van der Waals surface area (Å²) in [4.78, 5) is 6.43. The van der Waals surface area contributed by atoms with Crippen LogP contribution in [0.15, 0.2) is 59.6 Å². The van der Waals surface area contributed by atoms with Crippen molar-refractivity contribution in [2.24, 2.45) is 10.7 Å². The van der Waals surface area contributed by atoms with Crippen molar-refractivity contribution in [2.45, 2.75) is 0 Å². The maximum Gasteiger partial charge on any atom is 0.131 e. The highest BCUT2D eigenvalue weighted by Gasteiger charge is 2.00. The Bertz CT molecular complexity index is 527. The van der Waals surface area contributed by atoms with Crippen LogP contribution in [0.3, 0.4) is 0 Å². The molecule has 18 heavy (non-hydrogen) atoms. The van der Waals surface area contributed by atoms with Crippen molar-refractivity contribution in [3.8, 4) is 0 Å². The molecule has 0 amide bonds. The fourth-order valence-corrected chi connectivity index (χ4v) is 1.64. The number of hydrogen-bond acceptors (Lipinski definition) is 2. The Morgan fingerprint density at radius 3 is 2.11 bits per heavy atom. The molecule has 0 saturated carbocycles. The smallest absolute Gasteiger partial charge is 0.131 e. The lowest BCUT2D eigenvalue weighted by molar-refractivity contribution is 1.13. The topological polar surface area (TPSA) is 41.6 Å². The minimum atomic E-state index is 0.534. The third-order valence-electron chi connectivity index (χ3n) is 2.69. The molecule has 2 aromatic carbocycles. The minimum Gasteiger partial charge on any atom is -0.383 e. The van der Waals surface area contributed by atoms with Crippen molar-refractivity contribution in [3.63, 3.8) is 0 Å². The van der Waals surface area contributed by atoms with Gasteiger partial charge in [0.2, 0.25) is 0 Å². The Labute approximate surface area is 108 Å². The first-order valence-corrected chi connectivity index (χ1v) is 5.84. The van der Waals surface area contributed by atoms with Crippen LogP contribution in [-0.4, -0.2) is 19.9 Å². The van der Waals surface area contributed by atoms with E-state index in [-0.39, 0.29) is 0 Å². The van der Waals surface area contributed by atoms with Crippen LogP contribution in [0.2, 0.25) is 0 Å². The van der Waals surface area contributed by atoms with E-state index in [9.17, 15) is 0 Å². The van der Waals surface area contributed by atoms with Crippen LogP contribution in [0.1, 0.15) is 5.56 Å². The van der Waals surface area contributed by atoms with E-state index >= 15 is 0 Å². The maximum absolute atomic E-state index is 5.99. The van der Waals surface area contributed by atoms with Crippen molar-refractivity contribution in [1.82, 2.24) is 0 Å². The molecule has 3 heteroatoms. The summed E-state index contributed by atoms with van der Waals surface area (Å²) in [6.07, 6.45) is 0. The normalized spacial score (nSPS) is 11.3. The van der Waals surface area contributed by atoms with Gasteiger partial charge in [0.1, 0.15) is 5.84 Å². The summed E-state index contributed by atoms with van der Waals surface area (Å²) >= 11 is 0. The molecule has 2 N–H and O–H groups in total. The maximum atomic E-state index is 5.99. The van der Waals surface area contributed by atoms with Crippen LogP contribution in [0.4, 0.5) is 11.4 Å². The molecule has 0 aromatic heterocycles. The Balaban J connectivity index is 2.24. The lowest BCUT2D eigenvalue weighted by Crippen LogP contribution is -2.13. The second-order valence-corrected chi connectivity index (χ2v) is 4.27. The number of aliphatic imine (C=N–C) groups is 1. The fraction of sp³-hybridized carbons (Fsp3) is 0.133. The molecule has 3 nitrogen and oxygen atoms in total. The number of nitrogens with two attached hydrogens (primary N) is 1. The van der Waals surface area contributed by atoms with Crippen LogP contribution in [0.25, 0.3) is 0 Å². The van der Waals surface area contributed by atoms with Crippen LogP contribution in [-0.2, 0) is 0 Å². The van der Waals surface area contributed by atoms with Gasteiger partial charge in [-0.2, -0.15) is 0 Å². The zero-order valence-corrected chi connectivity index (χ0v) is 10.7. The van der Waals surface area contributed by atoms with Gasteiger partial charge in [-0.15, -0.1) is 0 Å². The zero-order chi connectivity index (χ0) is 13.0. The van der Waals surface area contributed by atoms with Crippen molar-refractivity contribution in [1.29, 1.82) is 0 Å². The summed E-state index contributed by atoms with van der Waals surface area (Å²) in [5.74, 6) is 0.534. The van der Waals surface area contributed by atoms with Crippen LogP contribution < -0.4 is 10.6 Å². The van der Waals surface area contributed by atoms with Gasteiger partial charge < -0.3 is 10.6 Å². The standard InChI is InChI=1S/C15H17N3/c1-18(2)14-10-8-12(9-11-14)15(16)17-13-6-4-3-5-7-13/h3-11H,1-2H3,(H2,16,17). The van der Waals surface area contributed by atoms with Crippen molar-refractivity contribution < 1.29 is 0 Å². The Hall–Kier alpha value is -2.29. The lowest BCUT2D eigenvalue weighted by atomic mass is 10.2. The summed E-state index contributed by atoms with van der Waals surface area (Å²) in [6, 6.07) is 17.7. The summed E-state index contributed by atoms with van der Waals surface area (Å²) in [5.41, 5.74) is 8.94. The second-order valence-electron chi connectivity index (χ2n) is 4.27. The number of para-hydroxylation sites is 1. The highest BCUT2D eigenvalue weighted by Crippen LogP contribution is 2.14. The largest absolute Gasteiger partial charge is 0.383 e. The molecule has 0 aliphatic heterocycles. The summed E-state index contributed by atoms with van der Waals surface area (Å²) in [5, 5.41) is 0. The van der Waals surface area contributed by atoms with Gasteiger partial charge in [-0.05, 0) is 36.4 Å². The Kier molecular flexibility index (Phi) is 3.63. The molecule has 2 aromatic rings. The van der Waals surface area contributed by atoms with Crippen molar-refractivity contribution in [3.05, 3.63) is 60.2 Å². The third-order valence-corrected chi connectivity index (χ3v) is 2.69. The third kappa shape index (κ3) is 2.88. The van der Waals surface area contributed by atoms with E-state index in [2.05, 4.69) is 4.99 Å². The van der Waals surface area contributed by atoms with Crippen LogP contribution >= 0.6 is 0 Å². The number of anilines is 1. The molecule has 0 fully saturated rings. The SMILES string of the molecule is CN(C)c1ccc(C(N)=Nc2ccccc2)cc1. The lowest BCUT2D eigenvalue weighted by Gasteiger charge is -2.12. The van der Waals surface area contributed by atoms with Gasteiger partial charge in [-0.1, -0.05) is 18.2 Å². The predicted molar refractivity (Wildman–Crippen MR) is 77.6 cm³/mol. The van der Waals surface area contributed by atoms with Gasteiger partial charge in [0.25, 0.3) is 0 Å². The zero-order valence-electron chi connectivity index (χ0n) is 10.7. The second kappa shape index (κ2) is 5.36. The first-order chi connectivity index (χ1) is 8.66. The van der Waals surface area contributed by atoms with Crippen LogP contribution in [0.5, 0.6) is 0 Å². The number of benzene rings is 2. The van der Waals surface area contributed by atoms with Gasteiger partial charge in [0, 0.05) is 25.3 Å². The van der Waals surface area contributed by atoms with E-state index < -0.39 is 0 Å². The highest BCUT2D eigenvalue weighted by atomic mass is 15.1. The van der Waals surface area contributed by atoms with Gasteiger partial charge in [-0.3, -0.25) is 0 Å². The number of nitrogens with zero attached hydrogens (tertiary/aromatic N) is 2. The molecule has 0 saturated heterocycles. The monoisotopic (exact) mass is 239 g/mol. The molecule has 0 aliphatic carbocycles. The highest BCUT2D eigenvalue weighted by molar-refractivity contribution is 5.99. The molecular weight excluding hydrogens is 222 g/mol. The molecule has 0 bridgehead atoms. The molecule has 92 valence electrons. The average Bonchev–Trinajstić information content (AvgIpc) is 2.40. The number of amidine groups is 1. The van der Waals surface area contributed by atoms with E-state index in [1.165, 1.54) is 0 Å². The molecule has 2 rings (SSSR count). The summed E-state index contributed by atoms with van der Waals surface area (Å²) in [6.45, 7) is 0. The molecule has 0 spiro atoms. The van der Waals surface area contributed by atoms with Crippen LogP contribution in [0, 0.1) is 0 Å². The average molecular weight is 239 g/mol. The molecule has 0 atom stereocenters. The molecule has 0 aliphatic rings. The van der Waals surface area contributed by atoms with Gasteiger partial charge in [0.05, 0.1) is 5.69 Å². The van der Waals surface area contributed by atoms with E-state index in [1.54, 1.807) is 0 Å². The molecule has 0 unspecified atom stereocenters. The first kappa shape index (κ1) is 12.2. The minimum absolute atomic E-state index is 0.534. The van der Waals surface area contributed by atoms with E-state index in [4.69, 9.17) is 5.73 Å². The number of rotatable bonds is 3. The fourth-order valence-electron chi connectivity index (χ4n) is 1.64. The quantitative estimate of drug-likeness (QED) is 0.661. The summed E-state index contributed by atoms with van der Waals surface area (Å²) in [7, 11) is 4.02. The molecule has 0 heterocycles. The van der Waals surface area contributed by atoms with Gasteiger partial charge in [-0.25, -0.2) is 4.99 Å². The number of hydrogen-bond donors (Lipinski definition) is 1. The van der Waals surface area contributed by atoms with Crippen molar-refractivity contribution >= 4 is 17.2 Å². The Morgan fingerprint density at radius 1 is 0.944 bits per heavy atom. The van der Waals surface area contributed by atoms with E-state index in [0.29, 0.717) is 5.84 Å². The summed E-state index contributed by atoms with van der Waals surface area (Å²) < 4.78 is 0. The van der Waals surface area contributed by atoms with E-state index in [1.807, 2.05) is 73.6 Å². The molecular formula is C15H17N3. The van der Waals surface area contributed by atoms with Gasteiger partial charge >= 0.3 is 0 Å². The Morgan fingerprint density at radius 2 is 1.56 bits per heavy atom. The molecule has 0 radical (unpaired) electrons. The predicted octanol–water partition coefficient (Wildman–Crippen LogP) is 2.79.